The Bertz CT molecular complexity index is 1310. The summed E-state index contributed by atoms with van der Waals surface area (Å²) in [6.45, 7) is 1.78. The molecule has 10 heteroatoms. The number of hydrogen-bond donors (Lipinski definition) is 3. The molecule has 0 aliphatic rings. The number of rotatable bonds is 5. The van der Waals surface area contributed by atoms with Crippen molar-refractivity contribution in [2.24, 2.45) is 0 Å². The third-order valence-corrected chi connectivity index (χ3v) is 5.79. The molecule has 2 aromatic carbocycles. The number of hydrogen-bond acceptors (Lipinski definition) is 6. The van der Waals surface area contributed by atoms with E-state index in [-0.39, 0.29) is 16.8 Å². The van der Waals surface area contributed by atoms with E-state index in [0.717, 1.165) is 15.8 Å². The van der Waals surface area contributed by atoms with Crippen LogP contribution in [0.15, 0.2) is 59.0 Å². The second-order valence-corrected chi connectivity index (χ2v) is 8.56. The highest BCUT2D eigenvalue weighted by molar-refractivity contribution is 7.80. The van der Waals surface area contributed by atoms with Crippen molar-refractivity contribution < 1.29 is 14.0 Å². The van der Waals surface area contributed by atoms with E-state index in [2.05, 4.69) is 20.9 Å². The quantitative estimate of drug-likeness (QED) is 0.315. The second kappa shape index (κ2) is 9.47. The Labute approximate surface area is 197 Å². The van der Waals surface area contributed by atoms with E-state index < -0.39 is 5.91 Å². The molecule has 2 heterocycles. The van der Waals surface area contributed by atoms with E-state index in [9.17, 15) is 9.59 Å². The summed E-state index contributed by atoms with van der Waals surface area (Å²) in [7, 11) is 0. The van der Waals surface area contributed by atoms with Crippen LogP contribution in [0.4, 0.5) is 10.8 Å². The van der Waals surface area contributed by atoms with Gasteiger partial charge in [-0.15, -0.1) is 0 Å². The fourth-order valence-electron chi connectivity index (χ4n) is 2.82. The third-order valence-electron chi connectivity index (χ3n) is 4.40. The monoisotopic (exact) mass is 484 g/mol. The maximum atomic E-state index is 12.5. The van der Waals surface area contributed by atoms with Crippen LogP contribution in [0.2, 0.25) is 5.02 Å². The molecule has 32 heavy (non-hydrogen) atoms. The van der Waals surface area contributed by atoms with Crippen LogP contribution in [0.5, 0.6) is 0 Å². The highest BCUT2D eigenvalue weighted by Gasteiger charge is 2.14. The van der Waals surface area contributed by atoms with Crippen LogP contribution in [0.3, 0.4) is 0 Å². The van der Waals surface area contributed by atoms with Gasteiger partial charge in [-0.25, -0.2) is 4.98 Å². The first-order chi connectivity index (χ1) is 15.4. The molecule has 0 aliphatic heterocycles. The average molecular weight is 485 g/mol. The topological polar surface area (TPSA) is 96.3 Å². The number of anilines is 2. The molecule has 2 amide bonds. The fourth-order valence-corrected chi connectivity index (χ4v) is 4.08. The minimum atomic E-state index is -0.467. The molecule has 0 unspecified atom stereocenters. The zero-order chi connectivity index (χ0) is 22.7. The number of thiazole rings is 1. The van der Waals surface area contributed by atoms with E-state index in [4.69, 9.17) is 28.2 Å². The van der Waals surface area contributed by atoms with Crippen molar-refractivity contribution in [3.05, 3.63) is 65.4 Å². The molecular formula is C22H17ClN4O3S2. The lowest BCUT2D eigenvalue weighted by Crippen LogP contribution is -2.33. The van der Waals surface area contributed by atoms with Gasteiger partial charge in [0.15, 0.2) is 16.0 Å². The van der Waals surface area contributed by atoms with Gasteiger partial charge in [0.2, 0.25) is 5.91 Å². The van der Waals surface area contributed by atoms with Gasteiger partial charge in [0, 0.05) is 22.7 Å². The first-order valence-corrected chi connectivity index (χ1v) is 11.2. The van der Waals surface area contributed by atoms with Crippen LogP contribution in [0, 0.1) is 0 Å². The standard InChI is InChI=1S/C22H17ClN4O3S2/c1-2-19(28)26-22-25-15-8-7-14(11-18(15)32-22)24-21(31)27-20(29)17-10-9-16(30-17)12-3-5-13(23)6-4-12/h3-11H,2H2,1H3,(H,25,26,28)(H2,24,27,29,31). The van der Waals surface area contributed by atoms with E-state index >= 15 is 0 Å². The summed E-state index contributed by atoms with van der Waals surface area (Å²) in [5.41, 5.74) is 2.25. The number of carbonyl (C=O) groups is 2. The van der Waals surface area contributed by atoms with E-state index in [0.29, 0.717) is 28.0 Å². The summed E-state index contributed by atoms with van der Waals surface area (Å²) >= 11 is 12.5. The summed E-state index contributed by atoms with van der Waals surface area (Å²) in [5, 5.41) is 9.61. The zero-order valence-corrected chi connectivity index (χ0v) is 19.2. The van der Waals surface area contributed by atoms with E-state index in [1.54, 1.807) is 37.3 Å². The number of furan rings is 1. The van der Waals surface area contributed by atoms with Gasteiger partial charge < -0.3 is 15.1 Å². The summed E-state index contributed by atoms with van der Waals surface area (Å²) < 4.78 is 6.51. The molecular weight excluding hydrogens is 468 g/mol. The molecule has 0 spiro atoms. The number of benzene rings is 2. The first kappa shape index (κ1) is 21.9. The van der Waals surface area contributed by atoms with Crippen LogP contribution in [-0.2, 0) is 4.79 Å². The van der Waals surface area contributed by atoms with Crippen LogP contribution in [-0.4, -0.2) is 21.9 Å². The molecule has 4 rings (SSSR count). The van der Waals surface area contributed by atoms with Crippen molar-refractivity contribution in [1.29, 1.82) is 0 Å². The lowest BCUT2D eigenvalue weighted by molar-refractivity contribution is -0.115. The van der Waals surface area contributed by atoms with E-state index in [1.165, 1.54) is 11.3 Å². The Kier molecular flexibility index (Phi) is 6.50. The van der Waals surface area contributed by atoms with Gasteiger partial charge in [0.1, 0.15) is 5.76 Å². The van der Waals surface area contributed by atoms with Gasteiger partial charge in [0.25, 0.3) is 5.91 Å². The molecule has 4 aromatic rings. The van der Waals surface area contributed by atoms with Crippen LogP contribution in [0.1, 0.15) is 23.9 Å². The molecule has 0 atom stereocenters. The van der Waals surface area contributed by atoms with Gasteiger partial charge in [0.05, 0.1) is 10.2 Å². The second-order valence-electron chi connectivity index (χ2n) is 6.68. The maximum absolute atomic E-state index is 12.5. The van der Waals surface area contributed by atoms with Crippen molar-refractivity contribution >= 4 is 73.1 Å². The number of halogens is 1. The molecule has 7 nitrogen and oxygen atoms in total. The number of nitrogens with zero attached hydrogens (tertiary/aromatic N) is 1. The number of fused-ring (bicyclic) bond motifs is 1. The van der Waals surface area contributed by atoms with E-state index in [1.807, 2.05) is 24.3 Å². The molecule has 0 radical (unpaired) electrons. The van der Waals surface area contributed by atoms with Crippen molar-refractivity contribution in [3.8, 4) is 11.3 Å². The highest BCUT2D eigenvalue weighted by Crippen LogP contribution is 2.28. The van der Waals surface area contributed by atoms with Crippen molar-refractivity contribution in [3.63, 3.8) is 0 Å². The van der Waals surface area contributed by atoms with Gasteiger partial charge >= 0.3 is 0 Å². The highest BCUT2D eigenvalue weighted by atomic mass is 35.5. The fraction of sp³-hybridized carbons (Fsp3) is 0.0909. The largest absolute Gasteiger partial charge is 0.451 e. The lowest BCUT2D eigenvalue weighted by atomic mass is 10.2. The van der Waals surface area contributed by atoms with Gasteiger partial charge in [-0.2, -0.15) is 0 Å². The lowest BCUT2D eigenvalue weighted by Gasteiger charge is -2.08. The number of amides is 2. The normalized spacial score (nSPS) is 10.7. The number of thiocarbonyl (C=S) groups is 1. The predicted octanol–water partition coefficient (Wildman–Crippen LogP) is 5.69. The molecule has 0 aliphatic carbocycles. The molecule has 0 saturated carbocycles. The van der Waals surface area contributed by atoms with Crippen LogP contribution in [0.25, 0.3) is 21.5 Å². The number of carbonyl (C=O) groups excluding carboxylic acids is 2. The molecule has 0 fully saturated rings. The predicted molar refractivity (Wildman–Crippen MR) is 131 cm³/mol. The van der Waals surface area contributed by atoms with Gasteiger partial charge in [-0.3, -0.25) is 14.9 Å². The number of nitrogens with one attached hydrogen (secondary N) is 3. The Morgan fingerprint density at radius 3 is 2.62 bits per heavy atom. The Balaban J connectivity index is 1.40. The Morgan fingerprint density at radius 2 is 1.88 bits per heavy atom. The smallest absolute Gasteiger partial charge is 0.293 e. The van der Waals surface area contributed by atoms with Crippen LogP contribution < -0.4 is 16.0 Å². The summed E-state index contributed by atoms with van der Waals surface area (Å²) in [6.07, 6.45) is 0.383. The van der Waals surface area contributed by atoms with Gasteiger partial charge in [-0.1, -0.05) is 29.9 Å². The molecule has 0 bridgehead atoms. The number of aromatic nitrogens is 1. The molecule has 3 N–H and O–H groups in total. The zero-order valence-electron chi connectivity index (χ0n) is 16.8. The van der Waals surface area contributed by atoms with Crippen LogP contribution >= 0.6 is 35.2 Å². The third kappa shape index (κ3) is 5.13. The Morgan fingerprint density at radius 1 is 1.09 bits per heavy atom. The summed E-state index contributed by atoms with van der Waals surface area (Å²) in [4.78, 5) is 28.4. The SMILES string of the molecule is CCC(=O)Nc1nc2ccc(NC(=S)NC(=O)c3ccc(-c4ccc(Cl)cc4)o3)cc2s1. The maximum Gasteiger partial charge on any atom is 0.293 e. The van der Waals surface area contributed by atoms with Crippen molar-refractivity contribution in [2.45, 2.75) is 13.3 Å². The molecule has 2 aromatic heterocycles. The molecule has 0 saturated heterocycles. The first-order valence-electron chi connectivity index (χ1n) is 9.60. The average Bonchev–Trinajstić information content (AvgIpc) is 3.41. The van der Waals surface area contributed by atoms with Crippen molar-refractivity contribution in [2.75, 3.05) is 10.6 Å². The van der Waals surface area contributed by atoms with Gasteiger partial charge in [-0.05, 0) is 66.8 Å². The minimum absolute atomic E-state index is 0.0940. The molecule has 162 valence electrons. The Hall–Kier alpha value is -3.27. The minimum Gasteiger partial charge on any atom is -0.451 e. The summed E-state index contributed by atoms with van der Waals surface area (Å²) in [6, 6.07) is 15.9. The van der Waals surface area contributed by atoms with Crippen molar-refractivity contribution in [1.82, 2.24) is 10.3 Å². The summed E-state index contributed by atoms with van der Waals surface area (Å²) in [5.74, 6) is 0.121.